The zero-order valence-electron chi connectivity index (χ0n) is 17.1. The van der Waals surface area contributed by atoms with Gasteiger partial charge in [0, 0.05) is 22.6 Å². The maximum absolute atomic E-state index is 4.98. The van der Waals surface area contributed by atoms with Gasteiger partial charge in [0.2, 0.25) is 0 Å². The highest BCUT2D eigenvalue weighted by molar-refractivity contribution is 5.75. The van der Waals surface area contributed by atoms with Gasteiger partial charge in [-0.1, -0.05) is 69.3 Å². The first-order chi connectivity index (χ1) is 13.0. The minimum absolute atomic E-state index is 0.0751. The number of rotatable bonds is 3. The van der Waals surface area contributed by atoms with Crippen molar-refractivity contribution in [2.45, 2.75) is 58.9 Å². The molecule has 0 fully saturated rings. The van der Waals surface area contributed by atoms with Crippen molar-refractivity contribution in [1.29, 1.82) is 0 Å². The molecule has 0 amide bonds. The summed E-state index contributed by atoms with van der Waals surface area (Å²) in [6, 6.07) is 17.5. The lowest BCUT2D eigenvalue weighted by Crippen LogP contribution is -2.62. The van der Waals surface area contributed by atoms with Crippen LogP contribution in [0, 0.1) is 13.8 Å². The molecule has 2 heteroatoms. The molecule has 1 aliphatic rings. The number of aromatic nitrogens is 2. The van der Waals surface area contributed by atoms with Gasteiger partial charge >= 0.3 is 0 Å². The predicted molar refractivity (Wildman–Crippen MR) is 112 cm³/mol. The van der Waals surface area contributed by atoms with Gasteiger partial charge in [0.1, 0.15) is 11.2 Å². The van der Waals surface area contributed by atoms with E-state index in [4.69, 9.17) is 4.98 Å². The Labute approximate surface area is 162 Å². The highest BCUT2D eigenvalue weighted by atomic mass is 15.1. The Morgan fingerprint density at radius 1 is 0.926 bits per heavy atom. The summed E-state index contributed by atoms with van der Waals surface area (Å²) in [6.07, 6.45) is 4.30. The van der Waals surface area contributed by atoms with E-state index in [2.05, 4.69) is 94.0 Å². The summed E-state index contributed by atoms with van der Waals surface area (Å²) in [5.74, 6) is 0.465. The van der Waals surface area contributed by atoms with Gasteiger partial charge in [-0.25, -0.2) is 4.57 Å². The number of hydrogen-bond acceptors (Lipinski definition) is 1. The molecule has 1 aliphatic heterocycles. The van der Waals surface area contributed by atoms with Crippen LogP contribution in [0.15, 0.2) is 54.9 Å². The molecule has 2 nitrogen and oxygen atoms in total. The maximum atomic E-state index is 4.98. The fraction of sp³-hybridized carbons (Fsp3) is 0.360. The first-order valence-corrected chi connectivity index (χ1v) is 10.1. The van der Waals surface area contributed by atoms with Gasteiger partial charge in [0.25, 0.3) is 6.33 Å². The van der Waals surface area contributed by atoms with E-state index in [1.54, 1.807) is 0 Å². The third-order valence-electron chi connectivity index (χ3n) is 6.85. The van der Waals surface area contributed by atoms with E-state index in [1.807, 2.05) is 0 Å². The molecule has 4 rings (SSSR count). The topological polar surface area (TPSA) is 16.8 Å². The molecule has 3 aromatic rings. The van der Waals surface area contributed by atoms with Gasteiger partial charge < -0.3 is 0 Å². The van der Waals surface area contributed by atoms with E-state index in [0.717, 1.165) is 18.5 Å². The second-order valence-electron chi connectivity index (χ2n) is 7.87. The Morgan fingerprint density at radius 2 is 1.56 bits per heavy atom. The van der Waals surface area contributed by atoms with Gasteiger partial charge in [-0.15, -0.1) is 0 Å². The van der Waals surface area contributed by atoms with Crippen molar-refractivity contribution in [1.82, 2.24) is 4.98 Å². The normalized spacial score (nSPS) is 17.3. The Hall–Kier alpha value is -2.48. The highest BCUT2D eigenvalue weighted by Crippen LogP contribution is 2.46. The molecule has 138 valence electrons. The second-order valence-corrected chi connectivity index (χ2v) is 7.87. The van der Waals surface area contributed by atoms with Gasteiger partial charge in [-0.3, -0.25) is 0 Å². The number of fused-ring (bicyclic) bond motifs is 3. The zero-order chi connectivity index (χ0) is 19.2. The third-order valence-corrected chi connectivity index (χ3v) is 6.85. The van der Waals surface area contributed by atoms with Crippen molar-refractivity contribution in [3.05, 3.63) is 71.5 Å². The van der Waals surface area contributed by atoms with Crippen molar-refractivity contribution in [3.8, 4) is 22.5 Å². The van der Waals surface area contributed by atoms with Crippen LogP contribution in [-0.4, -0.2) is 4.98 Å². The van der Waals surface area contributed by atoms with E-state index >= 15 is 0 Å². The van der Waals surface area contributed by atoms with Gasteiger partial charge in [-0.2, -0.15) is 0 Å². The van der Waals surface area contributed by atoms with Crippen LogP contribution in [0.25, 0.3) is 22.5 Å². The van der Waals surface area contributed by atoms with Crippen molar-refractivity contribution in [2.24, 2.45) is 0 Å². The summed E-state index contributed by atoms with van der Waals surface area (Å²) in [5.41, 5.74) is 9.11. The predicted octanol–water partition coefficient (Wildman–Crippen LogP) is 5.95. The van der Waals surface area contributed by atoms with Crippen LogP contribution in [0.2, 0.25) is 0 Å². The molecule has 2 heterocycles. The zero-order valence-corrected chi connectivity index (χ0v) is 17.1. The summed E-state index contributed by atoms with van der Waals surface area (Å²) >= 11 is 0. The van der Waals surface area contributed by atoms with Crippen LogP contribution >= 0.6 is 0 Å². The average molecular weight is 358 g/mol. The highest BCUT2D eigenvalue weighted by Gasteiger charge is 2.47. The molecular formula is C25H29N2+. The van der Waals surface area contributed by atoms with Crippen molar-refractivity contribution >= 4 is 0 Å². The fourth-order valence-corrected chi connectivity index (χ4v) is 5.13. The van der Waals surface area contributed by atoms with Crippen LogP contribution in [0.5, 0.6) is 0 Å². The average Bonchev–Trinajstić information content (AvgIpc) is 2.70. The third kappa shape index (κ3) is 2.46. The molecule has 1 aromatic heterocycles. The second kappa shape index (κ2) is 6.60. The number of nitrogens with zero attached hydrogens (tertiary/aromatic N) is 2. The van der Waals surface area contributed by atoms with E-state index in [-0.39, 0.29) is 5.54 Å². The molecule has 0 radical (unpaired) electrons. The smallest absolute Gasteiger partial charge is 0.224 e. The largest absolute Gasteiger partial charge is 0.287 e. The molecule has 1 atom stereocenters. The minimum Gasteiger partial charge on any atom is -0.224 e. The summed E-state index contributed by atoms with van der Waals surface area (Å²) in [7, 11) is 0. The van der Waals surface area contributed by atoms with Crippen LogP contribution in [0.4, 0.5) is 0 Å². The van der Waals surface area contributed by atoms with E-state index in [0.29, 0.717) is 5.92 Å². The lowest BCUT2D eigenvalue weighted by Gasteiger charge is -2.41. The van der Waals surface area contributed by atoms with Gasteiger partial charge in [0.05, 0.1) is 0 Å². The molecule has 1 unspecified atom stereocenters. The molecule has 0 saturated carbocycles. The van der Waals surface area contributed by atoms with Crippen LogP contribution in [0.1, 0.15) is 56.2 Å². The van der Waals surface area contributed by atoms with Gasteiger partial charge in [0.15, 0.2) is 5.69 Å². The monoisotopic (exact) mass is 357 g/mol. The molecular weight excluding hydrogens is 328 g/mol. The Morgan fingerprint density at radius 3 is 2.22 bits per heavy atom. The van der Waals surface area contributed by atoms with Crippen molar-refractivity contribution in [3.63, 3.8) is 0 Å². The van der Waals surface area contributed by atoms with Crippen LogP contribution in [-0.2, 0) is 5.54 Å². The molecule has 0 spiro atoms. The summed E-state index contributed by atoms with van der Waals surface area (Å²) in [6.45, 7) is 11.4. The lowest BCUT2D eigenvalue weighted by atomic mass is 9.71. The Balaban J connectivity index is 2.07. The molecule has 2 aromatic carbocycles. The van der Waals surface area contributed by atoms with Crippen LogP contribution < -0.4 is 4.57 Å². The molecule has 0 bridgehead atoms. The number of aryl methyl sites for hydroxylation is 1. The summed E-state index contributed by atoms with van der Waals surface area (Å²) in [4.78, 5) is 4.98. The van der Waals surface area contributed by atoms with E-state index in [1.165, 1.54) is 33.5 Å². The standard InChI is InChI=1S/C25H29N2/c1-6-25(7-2)19(5)21-14-10-11-15-22(21)24-18(4)23(26-16-27(24)25)20-13-9-8-12-17(20)3/h8-16,19H,6-7H2,1-5H3/q+1. The summed E-state index contributed by atoms with van der Waals surface area (Å²) in [5, 5.41) is 0. The summed E-state index contributed by atoms with van der Waals surface area (Å²) < 4.78 is 2.48. The molecule has 0 aliphatic carbocycles. The molecule has 0 saturated heterocycles. The number of hydrogen-bond donors (Lipinski definition) is 0. The van der Waals surface area contributed by atoms with Crippen molar-refractivity contribution in [2.75, 3.05) is 0 Å². The van der Waals surface area contributed by atoms with E-state index < -0.39 is 0 Å². The van der Waals surface area contributed by atoms with Crippen molar-refractivity contribution < 1.29 is 4.57 Å². The Kier molecular flexibility index (Phi) is 4.38. The molecule has 27 heavy (non-hydrogen) atoms. The lowest BCUT2D eigenvalue weighted by molar-refractivity contribution is -0.764. The van der Waals surface area contributed by atoms with Crippen LogP contribution in [0.3, 0.4) is 0 Å². The quantitative estimate of drug-likeness (QED) is 0.529. The first kappa shape index (κ1) is 17.9. The SMILES string of the molecule is CCC1(CC)C(C)c2ccccc2-c2c(C)c(-c3ccccc3C)nc[n+]21. The van der Waals surface area contributed by atoms with Gasteiger partial charge in [-0.05, 0) is 42.8 Å². The first-order valence-electron chi connectivity index (χ1n) is 10.1. The fourth-order valence-electron chi connectivity index (χ4n) is 5.13. The minimum atomic E-state index is 0.0751. The molecule has 0 N–H and O–H groups in total. The Bertz CT molecular complexity index is 999. The maximum Gasteiger partial charge on any atom is 0.287 e. The van der Waals surface area contributed by atoms with E-state index in [9.17, 15) is 0 Å². The number of benzene rings is 2.